The fraction of sp³-hybridized carbons (Fsp3) is 0.524. The highest BCUT2D eigenvalue weighted by molar-refractivity contribution is 5.97. The van der Waals surface area contributed by atoms with Crippen molar-refractivity contribution in [1.82, 2.24) is 9.88 Å². The van der Waals surface area contributed by atoms with Gasteiger partial charge in [-0.25, -0.2) is 13.6 Å². The standard InChI is InChI=1S/C21H23F2N3O4/c22-6-13-10-30-20-17-14(19(27)15(21(28)29)9-26(13)17)5-16(23)18(20)25-4-3-11(8-25)7-24-12-1-2-12/h5,9,11-13,24H,1-4,6-8,10H2,(H,28,29)/t11?,13-/m0/s1. The minimum atomic E-state index is -1.42. The predicted molar refractivity (Wildman–Crippen MR) is 107 cm³/mol. The first-order valence-electron chi connectivity index (χ1n) is 10.3. The van der Waals surface area contributed by atoms with E-state index >= 15 is 4.39 Å². The Bertz CT molecular complexity index is 1080. The van der Waals surface area contributed by atoms with Gasteiger partial charge in [0.25, 0.3) is 0 Å². The van der Waals surface area contributed by atoms with Crippen molar-refractivity contribution in [2.24, 2.45) is 5.92 Å². The maximum Gasteiger partial charge on any atom is 0.341 e. The van der Waals surface area contributed by atoms with Crippen LogP contribution in [-0.2, 0) is 0 Å². The molecule has 7 nitrogen and oxygen atoms in total. The molecule has 1 saturated carbocycles. The Labute approximate surface area is 171 Å². The SMILES string of the molecule is O=C(O)c1cn2c3c(c(N4CCC(CNC5CC5)C4)c(F)cc3c1=O)OC[C@@H]2CF. The molecule has 3 heterocycles. The molecular weight excluding hydrogens is 396 g/mol. The first-order valence-corrected chi connectivity index (χ1v) is 10.3. The van der Waals surface area contributed by atoms with Gasteiger partial charge in [-0.3, -0.25) is 4.79 Å². The Morgan fingerprint density at radius 3 is 2.83 bits per heavy atom. The fourth-order valence-corrected chi connectivity index (χ4v) is 4.52. The molecule has 1 saturated heterocycles. The van der Waals surface area contributed by atoms with E-state index in [4.69, 9.17) is 4.74 Å². The van der Waals surface area contributed by atoms with Crippen molar-refractivity contribution < 1.29 is 23.4 Å². The first-order chi connectivity index (χ1) is 14.5. The van der Waals surface area contributed by atoms with E-state index in [1.807, 2.05) is 4.90 Å². The number of carboxylic acid groups (broad SMARTS) is 1. The molecule has 0 bridgehead atoms. The maximum atomic E-state index is 15.2. The molecule has 30 heavy (non-hydrogen) atoms. The number of halogens is 2. The molecule has 2 fully saturated rings. The number of ether oxygens (including phenoxy) is 1. The number of anilines is 1. The molecule has 160 valence electrons. The van der Waals surface area contributed by atoms with E-state index in [1.54, 1.807) is 0 Å². The van der Waals surface area contributed by atoms with Crippen molar-refractivity contribution in [3.05, 3.63) is 33.9 Å². The van der Waals surface area contributed by atoms with Gasteiger partial charge in [0.05, 0.1) is 16.9 Å². The van der Waals surface area contributed by atoms with Gasteiger partial charge < -0.3 is 24.6 Å². The molecule has 2 aromatic rings. The van der Waals surface area contributed by atoms with Crippen molar-refractivity contribution in [3.63, 3.8) is 0 Å². The number of rotatable bonds is 6. The number of hydrogen-bond donors (Lipinski definition) is 2. The van der Waals surface area contributed by atoms with E-state index in [2.05, 4.69) is 5.32 Å². The van der Waals surface area contributed by atoms with Crippen LogP contribution in [0.25, 0.3) is 10.9 Å². The molecule has 2 aliphatic heterocycles. The lowest BCUT2D eigenvalue weighted by Gasteiger charge is -2.31. The van der Waals surface area contributed by atoms with Gasteiger partial charge in [0.1, 0.15) is 24.5 Å². The van der Waals surface area contributed by atoms with Crippen molar-refractivity contribution in [2.45, 2.75) is 31.3 Å². The number of aromatic nitrogens is 1. The zero-order chi connectivity index (χ0) is 21.0. The molecule has 2 atom stereocenters. The van der Waals surface area contributed by atoms with Crippen LogP contribution in [0.15, 0.2) is 17.1 Å². The van der Waals surface area contributed by atoms with E-state index < -0.39 is 35.5 Å². The van der Waals surface area contributed by atoms with Crippen LogP contribution in [0.5, 0.6) is 5.75 Å². The third-order valence-corrected chi connectivity index (χ3v) is 6.29. The molecule has 0 radical (unpaired) electrons. The molecule has 5 rings (SSSR count). The van der Waals surface area contributed by atoms with Crippen LogP contribution in [0.2, 0.25) is 0 Å². The fourth-order valence-electron chi connectivity index (χ4n) is 4.52. The zero-order valence-electron chi connectivity index (χ0n) is 16.4. The summed E-state index contributed by atoms with van der Waals surface area (Å²) in [5.74, 6) is -1.48. The third kappa shape index (κ3) is 3.12. The Morgan fingerprint density at radius 2 is 2.13 bits per heavy atom. The van der Waals surface area contributed by atoms with E-state index in [0.717, 1.165) is 25.2 Å². The molecule has 0 amide bonds. The van der Waals surface area contributed by atoms with Crippen LogP contribution in [-0.4, -0.2) is 54.6 Å². The normalized spacial score (nSPS) is 23.1. The smallest absolute Gasteiger partial charge is 0.341 e. The number of pyridine rings is 1. The second-order valence-corrected chi connectivity index (χ2v) is 8.42. The van der Waals surface area contributed by atoms with Crippen molar-refractivity contribution in [2.75, 3.05) is 37.8 Å². The molecule has 9 heteroatoms. The molecule has 1 unspecified atom stereocenters. The summed E-state index contributed by atoms with van der Waals surface area (Å²) >= 11 is 0. The molecule has 3 aliphatic rings. The average molecular weight is 419 g/mol. The van der Waals surface area contributed by atoms with Gasteiger partial charge in [-0.15, -0.1) is 0 Å². The highest BCUT2D eigenvalue weighted by Crippen LogP contribution is 2.43. The second kappa shape index (κ2) is 7.23. The van der Waals surface area contributed by atoms with Crippen LogP contribution in [0.4, 0.5) is 14.5 Å². The largest absolute Gasteiger partial charge is 0.487 e. The second-order valence-electron chi connectivity index (χ2n) is 8.42. The average Bonchev–Trinajstić information content (AvgIpc) is 3.45. The minimum Gasteiger partial charge on any atom is -0.487 e. The summed E-state index contributed by atoms with van der Waals surface area (Å²) < 4.78 is 36.0. The van der Waals surface area contributed by atoms with Crippen LogP contribution >= 0.6 is 0 Å². The van der Waals surface area contributed by atoms with Gasteiger partial charge in [0.2, 0.25) is 5.43 Å². The van der Waals surface area contributed by atoms with Crippen LogP contribution in [0, 0.1) is 11.7 Å². The monoisotopic (exact) mass is 419 g/mol. The highest BCUT2D eigenvalue weighted by Gasteiger charge is 2.34. The van der Waals surface area contributed by atoms with E-state index in [9.17, 15) is 19.1 Å². The quantitative estimate of drug-likeness (QED) is 0.748. The number of carbonyl (C=O) groups is 1. The summed E-state index contributed by atoms with van der Waals surface area (Å²) in [4.78, 5) is 26.1. The highest BCUT2D eigenvalue weighted by atomic mass is 19.1. The Morgan fingerprint density at radius 1 is 1.33 bits per heavy atom. The van der Waals surface area contributed by atoms with Crippen LogP contribution < -0.4 is 20.4 Å². The Balaban J connectivity index is 1.60. The van der Waals surface area contributed by atoms with Crippen molar-refractivity contribution in [1.29, 1.82) is 0 Å². The summed E-state index contributed by atoms with van der Waals surface area (Å²) in [7, 11) is 0. The van der Waals surface area contributed by atoms with Gasteiger partial charge in [-0.05, 0) is 37.8 Å². The predicted octanol–water partition coefficient (Wildman–Crippen LogP) is 2.32. The number of carboxylic acids is 1. The van der Waals surface area contributed by atoms with Gasteiger partial charge in [0, 0.05) is 25.3 Å². The van der Waals surface area contributed by atoms with Crippen LogP contribution in [0.1, 0.15) is 35.7 Å². The summed E-state index contributed by atoms with van der Waals surface area (Å²) in [6.07, 6.45) is 4.48. The Hall–Kier alpha value is -2.68. The number of nitrogens with zero attached hydrogens (tertiary/aromatic N) is 2. The molecule has 1 aliphatic carbocycles. The number of hydrogen-bond acceptors (Lipinski definition) is 5. The van der Waals surface area contributed by atoms with E-state index in [-0.39, 0.29) is 28.9 Å². The minimum absolute atomic E-state index is 0.0580. The molecular formula is C21H23F2N3O4. The van der Waals surface area contributed by atoms with Crippen LogP contribution in [0.3, 0.4) is 0 Å². The number of benzene rings is 1. The zero-order valence-corrected chi connectivity index (χ0v) is 16.4. The lowest BCUT2D eigenvalue weighted by molar-refractivity contribution is 0.0694. The maximum absolute atomic E-state index is 15.2. The first kappa shape index (κ1) is 19.3. The van der Waals surface area contributed by atoms with Gasteiger partial charge >= 0.3 is 5.97 Å². The molecule has 1 aromatic carbocycles. The van der Waals surface area contributed by atoms with Crippen molar-refractivity contribution in [3.8, 4) is 5.75 Å². The lowest BCUT2D eigenvalue weighted by Crippen LogP contribution is -2.31. The summed E-state index contributed by atoms with van der Waals surface area (Å²) in [6, 6.07) is 0.904. The van der Waals surface area contributed by atoms with E-state index in [1.165, 1.54) is 17.4 Å². The van der Waals surface area contributed by atoms with Gasteiger partial charge in [0.15, 0.2) is 11.6 Å². The number of alkyl halides is 1. The molecule has 1 aromatic heterocycles. The number of nitrogens with one attached hydrogen (secondary N) is 1. The topological polar surface area (TPSA) is 83.8 Å². The number of aromatic carboxylic acids is 1. The summed E-state index contributed by atoms with van der Waals surface area (Å²) in [6.45, 7) is 1.34. The molecule has 2 N–H and O–H groups in total. The summed E-state index contributed by atoms with van der Waals surface area (Å²) in [5, 5.41) is 12.8. The lowest BCUT2D eigenvalue weighted by atomic mass is 10.1. The molecule has 0 spiro atoms. The van der Waals surface area contributed by atoms with E-state index in [0.29, 0.717) is 25.0 Å². The van der Waals surface area contributed by atoms with Gasteiger partial charge in [-0.2, -0.15) is 0 Å². The third-order valence-electron chi connectivity index (χ3n) is 6.29. The Kier molecular flexibility index (Phi) is 4.65. The van der Waals surface area contributed by atoms with Crippen molar-refractivity contribution >= 4 is 22.6 Å². The summed E-state index contributed by atoms with van der Waals surface area (Å²) in [5.41, 5.74) is -0.773. The van der Waals surface area contributed by atoms with Gasteiger partial charge in [-0.1, -0.05) is 0 Å².